The average molecular weight is 206 g/mol. The van der Waals surface area contributed by atoms with Crippen molar-refractivity contribution in [2.75, 3.05) is 0 Å². The summed E-state index contributed by atoms with van der Waals surface area (Å²) in [5.41, 5.74) is 1.82. The second-order valence-corrected chi connectivity index (χ2v) is 6.24. The van der Waals surface area contributed by atoms with Gasteiger partial charge in [0, 0.05) is 0 Å². The van der Waals surface area contributed by atoms with Crippen molar-refractivity contribution in [3.8, 4) is 0 Å². The molecule has 0 saturated heterocycles. The number of quaternary nitrogens is 1. The molecule has 1 aromatic carbocycles. The van der Waals surface area contributed by atoms with E-state index in [1.165, 1.54) is 10.6 Å². The van der Waals surface area contributed by atoms with Crippen LogP contribution in [0.5, 0.6) is 0 Å². The van der Waals surface area contributed by atoms with Crippen molar-refractivity contribution in [2.24, 2.45) is 0 Å². The Balaban J connectivity index is 3.15. The molecule has 1 heteroatoms. The van der Waals surface area contributed by atoms with Crippen LogP contribution in [0.25, 0.3) is 0 Å². The predicted octanol–water partition coefficient (Wildman–Crippen LogP) is 2.80. The minimum Gasteiger partial charge on any atom is -0.294 e. The highest BCUT2D eigenvalue weighted by Gasteiger charge is 2.36. The Morgan fingerprint density at radius 1 is 0.733 bits per heavy atom. The summed E-state index contributed by atoms with van der Waals surface area (Å²) in [6.07, 6.45) is 0. The van der Waals surface area contributed by atoms with E-state index in [4.69, 9.17) is 0 Å². The maximum atomic E-state index is 2.29. The largest absolute Gasteiger partial charge is 0.294 e. The van der Waals surface area contributed by atoms with Crippen LogP contribution < -0.4 is 4.90 Å². The van der Waals surface area contributed by atoms with Crippen LogP contribution in [0, 0.1) is 0 Å². The van der Waals surface area contributed by atoms with Crippen molar-refractivity contribution in [2.45, 2.75) is 52.6 Å². The summed E-state index contributed by atoms with van der Waals surface area (Å²) in [5, 5.41) is 0. The van der Waals surface area contributed by atoms with Gasteiger partial charge in [-0.3, -0.25) is 4.90 Å². The Kier molecular flexibility index (Phi) is 3.25. The van der Waals surface area contributed by atoms with Crippen LogP contribution in [0.4, 0.5) is 5.69 Å². The van der Waals surface area contributed by atoms with E-state index in [1.807, 2.05) is 0 Å². The van der Waals surface area contributed by atoms with Gasteiger partial charge >= 0.3 is 0 Å². The van der Waals surface area contributed by atoms with Gasteiger partial charge in [-0.1, -0.05) is 18.2 Å². The van der Waals surface area contributed by atoms with E-state index in [2.05, 4.69) is 71.9 Å². The maximum Gasteiger partial charge on any atom is 0.132 e. The molecule has 0 saturated carbocycles. The van der Waals surface area contributed by atoms with Gasteiger partial charge in [-0.2, -0.15) is 0 Å². The molecule has 0 radical (unpaired) electrons. The van der Waals surface area contributed by atoms with E-state index in [0.29, 0.717) is 0 Å². The lowest BCUT2D eigenvalue weighted by molar-refractivity contribution is -0.930. The van der Waals surface area contributed by atoms with Gasteiger partial charge in [0.2, 0.25) is 0 Å². The van der Waals surface area contributed by atoms with Crippen LogP contribution in [-0.4, -0.2) is 11.1 Å². The first-order chi connectivity index (χ1) is 6.73. The minimum absolute atomic E-state index is 0.222. The summed E-state index contributed by atoms with van der Waals surface area (Å²) in [7, 11) is 0. The molecule has 0 aromatic heterocycles. The summed E-state index contributed by atoms with van der Waals surface area (Å²) in [4.78, 5) is 1.52. The molecule has 1 aromatic rings. The molecule has 1 N–H and O–H groups in total. The lowest BCUT2D eigenvalue weighted by Gasteiger charge is -2.41. The van der Waals surface area contributed by atoms with Crippen molar-refractivity contribution in [3.63, 3.8) is 0 Å². The van der Waals surface area contributed by atoms with Gasteiger partial charge in [-0.15, -0.1) is 0 Å². The number of nitrogens with one attached hydrogen (secondary N) is 1. The molecule has 1 rings (SSSR count). The number of hydrogen-bond donors (Lipinski definition) is 1. The third kappa shape index (κ3) is 3.07. The molecule has 0 aliphatic carbocycles. The van der Waals surface area contributed by atoms with Gasteiger partial charge in [0.15, 0.2) is 0 Å². The zero-order valence-corrected chi connectivity index (χ0v) is 10.9. The van der Waals surface area contributed by atoms with Gasteiger partial charge < -0.3 is 0 Å². The molecule has 0 bridgehead atoms. The first kappa shape index (κ1) is 12.3. The SMILES string of the molecule is CC(C)(C)[NH+](c1ccccc1)C(C)(C)C. The maximum absolute atomic E-state index is 2.29. The van der Waals surface area contributed by atoms with E-state index in [9.17, 15) is 0 Å². The number of rotatable bonds is 1. The monoisotopic (exact) mass is 206 g/mol. The van der Waals surface area contributed by atoms with Crippen molar-refractivity contribution in [3.05, 3.63) is 30.3 Å². The average Bonchev–Trinajstić information content (AvgIpc) is 2.00. The summed E-state index contributed by atoms with van der Waals surface area (Å²) >= 11 is 0. The lowest BCUT2D eigenvalue weighted by atomic mass is 9.95. The van der Waals surface area contributed by atoms with Gasteiger partial charge in [0.05, 0.1) is 11.1 Å². The molecular weight excluding hydrogens is 182 g/mol. The van der Waals surface area contributed by atoms with Crippen LogP contribution in [0.15, 0.2) is 30.3 Å². The summed E-state index contributed by atoms with van der Waals surface area (Å²) < 4.78 is 0. The fourth-order valence-electron chi connectivity index (χ4n) is 2.60. The molecule has 0 heterocycles. The van der Waals surface area contributed by atoms with E-state index in [1.54, 1.807) is 0 Å². The third-order valence-corrected chi connectivity index (χ3v) is 2.56. The van der Waals surface area contributed by atoms with E-state index < -0.39 is 0 Å². The molecule has 84 valence electrons. The third-order valence-electron chi connectivity index (χ3n) is 2.56. The molecule has 1 nitrogen and oxygen atoms in total. The van der Waals surface area contributed by atoms with Crippen molar-refractivity contribution >= 4 is 5.69 Å². The minimum atomic E-state index is 0.222. The normalized spacial score (nSPS) is 13.3. The molecular formula is C14H24N+. The van der Waals surface area contributed by atoms with Crippen LogP contribution in [0.1, 0.15) is 41.5 Å². The van der Waals surface area contributed by atoms with E-state index in [0.717, 1.165) is 0 Å². The molecule has 0 unspecified atom stereocenters. The van der Waals surface area contributed by atoms with E-state index in [-0.39, 0.29) is 11.1 Å². The molecule has 0 fully saturated rings. The first-order valence-electron chi connectivity index (χ1n) is 5.66. The fraction of sp³-hybridized carbons (Fsp3) is 0.571. The van der Waals surface area contributed by atoms with Crippen LogP contribution >= 0.6 is 0 Å². The second kappa shape index (κ2) is 3.97. The summed E-state index contributed by atoms with van der Waals surface area (Å²) in [5.74, 6) is 0. The summed E-state index contributed by atoms with van der Waals surface area (Å²) in [6, 6.07) is 10.7. The molecule has 0 spiro atoms. The molecule has 0 atom stereocenters. The van der Waals surface area contributed by atoms with Crippen molar-refractivity contribution in [1.82, 2.24) is 0 Å². The number of para-hydroxylation sites is 1. The van der Waals surface area contributed by atoms with Crippen molar-refractivity contribution < 1.29 is 4.90 Å². The Hall–Kier alpha value is -0.820. The van der Waals surface area contributed by atoms with Crippen LogP contribution in [0.3, 0.4) is 0 Å². The lowest BCUT2D eigenvalue weighted by Crippen LogP contribution is -3.21. The highest BCUT2D eigenvalue weighted by atomic mass is 15.2. The van der Waals surface area contributed by atoms with Crippen LogP contribution in [0.2, 0.25) is 0 Å². The Morgan fingerprint density at radius 3 is 1.47 bits per heavy atom. The second-order valence-electron chi connectivity index (χ2n) is 6.24. The molecule has 15 heavy (non-hydrogen) atoms. The van der Waals surface area contributed by atoms with Crippen molar-refractivity contribution in [1.29, 1.82) is 0 Å². The van der Waals surface area contributed by atoms with E-state index >= 15 is 0 Å². The van der Waals surface area contributed by atoms with Crippen LogP contribution in [-0.2, 0) is 0 Å². The Bertz CT molecular complexity index is 286. The predicted molar refractivity (Wildman–Crippen MR) is 66.6 cm³/mol. The smallest absolute Gasteiger partial charge is 0.132 e. The van der Waals surface area contributed by atoms with Gasteiger partial charge in [-0.05, 0) is 53.7 Å². The zero-order chi connectivity index (χ0) is 11.7. The topological polar surface area (TPSA) is 4.44 Å². The zero-order valence-electron chi connectivity index (χ0n) is 10.9. The van der Waals surface area contributed by atoms with Gasteiger partial charge in [0.1, 0.15) is 5.69 Å². The first-order valence-corrected chi connectivity index (χ1v) is 5.66. The molecule has 0 aliphatic heterocycles. The Labute approximate surface area is 94.1 Å². The highest BCUT2D eigenvalue weighted by molar-refractivity contribution is 5.29. The molecule has 0 aliphatic rings. The standard InChI is InChI=1S/C14H23N/c1-13(2,3)15(14(4,5)6)12-10-8-7-9-11-12/h7-11H,1-6H3/p+1. The fourth-order valence-corrected chi connectivity index (χ4v) is 2.60. The number of benzene rings is 1. The quantitative estimate of drug-likeness (QED) is 0.720. The molecule has 0 amide bonds. The Morgan fingerprint density at radius 2 is 1.13 bits per heavy atom. The summed E-state index contributed by atoms with van der Waals surface area (Å²) in [6.45, 7) is 13.8. The van der Waals surface area contributed by atoms with Gasteiger partial charge in [0.25, 0.3) is 0 Å². The number of hydrogen-bond acceptors (Lipinski definition) is 0. The highest BCUT2D eigenvalue weighted by Crippen LogP contribution is 2.11. The van der Waals surface area contributed by atoms with Gasteiger partial charge in [-0.25, -0.2) is 0 Å².